The van der Waals surface area contributed by atoms with Gasteiger partial charge in [-0.1, -0.05) is 24.3 Å². The number of carbonyl (C=O) groups excluding carboxylic acids is 2. The number of anilines is 1. The van der Waals surface area contributed by atoms with E-state index in [0.29, 0.717) is 11.3 Å². The fourth-order valence-electron chi connectivity index (χ4n) is 3.09. The Labute approximate surface area is 161 Å². The lowest BCUT2D eigenvalue weighted by atomic mass is 10.0. The van der Waals surface area contributed by atoms with E-state index in [9.17, 15) is 9.59 Å². The normalized spacial score (nSPS) is 10.8. The van der Waals surface area contributed by atoms with Crippen LogP contribution in [0, 0.1) is 0 Å². The second-order valence-corrected chi connectivity index (χ2v) is 6.56. The lowest BCUT2D eigenvalue weighted by Crippen LogP contribution is -2.14. The van der Waals surface area contributed by atoms with Crippen LogP contribution in [0.25, 0.3) is 22.2 Å². The van der Waals surface area contributed by atoms with Crippen molar-refractivity contribution in [2.24, 2.45) is 0 Å². The van der Waals surface area contributed by atoms with Gasteiger partial charge in [0, 0.05) is 34.6 Å². The van der Waals surface area contributed by atoms with Crippen molar-refractivity contribution >= 4 is 28.3 Å². The van der Waals surface area contributed by atoms with E-state index in [4.69, 9.17) is 0 Å². The van der Waals surface area contributed by atoms with Crippen molar-refractivity contribution in [1.82, 2.24) is 15.2 Å². The van der Waals surface area contributed by atoms with Gasteiger partial charge in [-0.3, -0.25) is 19.7 Å². The van der Waals surface area contributed by atoms with Crippen LogP contribution in [0.1, 0.15) is 22.8 Å². The van der Waals surface area contributed by atoms with E-state index in [0.717, 1.165) is 27.7 Å². The van der Waals surface area contributed by atoms with Crippen molar-refractivity contribution in [2.45, 2.75) is 13.3 Å². The van der Waals surface area contributed by atoms with Crippen LogP contribution < -0.4 is 5.32 Å². The van der Waals surface area contributed by atoms with Gasteiger partial charge in [0.1, 0.15) is 0 Å². The maximum Gasteiger partial charge on any atom is 0.228 e. The van der Waals surface area contributed by atoms with E-state index in [1.165, 1.54) is 6.92 Å². The second-order valence-electron chi connectivity index (χ2n) is 6.56. The molecule has 0 saturated carbocycles. The van der Waals surface area contributed by atoms with E-state index in [1.807, 2.05) is 48.5 Å². The second kappa shape index (κ2) is 7.44. The number of rotatable bonds is 5. The van der Waals surface area contributed by atoms with E-state index < -0.39 is 0 Å². The Morgan fingerprint density at radius 3 is 2.75 bits per heavy atom. The molecule has 1 amide bonds. The Balaban J connectivity index is 1.62. The van der Waals surface area contributed by atoms with E-state index in [1.54, 1.807) is 18.5 Å². The summed E-state index contributed by atoms with van der Waals surface area (Å²) in [7, 11) is 0. The predicted molar refractivity (Wildman–Crippen MR) is 108 cm³/mol. The molecule has 4 aromatic rings. The summed E-state index contributed by atoms with van der Waals surface area (Å²) in [4.78, 5) is 28.0. The van der Waals surface area contributed by atoms with Crippen LogP contribution in [0.3, 0.4) is 0 Å². The van der Waals surface area contributed by atoms with Crippen molar-refractivity contribution in [2.75, 3.05) is 5.32 Å². The summed E-state index contributed by atoms with van der Waals surface area (Å²) in [5.41, 5.74) is 4.61. The average molecular weight is 370 g/mol. The van der Waals surface area contributed by atoms with Crippen LogP contribution in [0.4, 0.5) is 5.69 Å². The number of ketones is 1. The number of nitrogens with zero attached hydrogens (tertiary/aromatic N) is 2. The summed E-state index contributed by atoms with van der Waals surface area (Å²) in [5.74, 6) is -0.110. The highest BCUT2D eigenvalue weighted by molar-refractivity contribution is 6.00. The third kappa shape index (κ3) is 3.66. The quantitative estimate of drug-likeness (QED) is 0.520. The number of aromatic nitrogens is 3. The largest absolute Gasteiger partial charge is 0.326 e. The van der Waals surface area contributed by atoms with Crippen LogP contribution >= 0.6 is 0 Å². The molecule has 4 rings (SSSR count). The summed E-state index contributed by atoms with van der Waals surface area (Å²) < 4.78 is 0. The monoisotopic (exact) mass is 370 g/mol. The molecule has 138 valence electrons. The molecule has 6 nitrogen and oxygen atoms in total. The molecule has 0 saturated heterocycles. The number of amides is 1. The highest BCUT2D eigenvalue weighted by atomic mass is 16.1. The molecule has 0 spiro atoms. The molecule has 0 radical (unpaired) electrons. The van der Waals surface area contributed by atoms with Gasteiger partial charge in [0.05, 0.1) is 17.6 Å². The molecule has 2 aromatic carbocycles. The minimum absolute atomic E-state index is 0.00467. The molecular weight excluding hydrogens is 352 g/mol. The molecule has 28 heavy (non-hydrogen) atoms. The van der Waals surface area contributed by atoms with Gasteiger partial charge in [-0.15, -0.1) is 0 Å². The third-order valence-electron chi connectivity index (χ3n) is 4.48. The molecule has 0 aliphatic carbocycles. The first-order valence-corrected chi connectivity index (χ1v) is 8.88. The van der Waals surface area contributed by atoms with Crippen LogP contribution in [0.5, 0.6) is 0 Å². The van der Waals surface area contributed by atoms with Gasteiger partial charge in [0.2, 0.25) is 5.91 Å². The predicted octanol–water partition coefficient (Wildman–Crippen LogP) is 4.01. The number of hydrogen-bond donors (Lipinski definition) is 2. The molecule has 2 aromatic heterocycles. The summed E-state index contributed by atoms with van der Waals surface area (Å²) in [6.07, 6.45) is 3.61. The molecule has 0 atom stereocenters. The topological polar surface area (TPSA) is 87.7 Å². The minimum Gasteiger partial charge on any atom is -0.326 e. The lowest BCUT2D eigenvalue weighted by molar-refractivity contribution is -0.115. The number of carbonyl (C=O) groups is 2. The molecule has 0 aliphatic heterocycles. The molecule has 2 N–H and O–H groups in total. The summed E-state index contributed by atoms with van der Waals surface area (Å²) in [6, 6.07) is 16.6. The van der Waals surface area contributed by atoms with Gasteiger partial charge in [-0.25, -0.2) is 0 Å². The maximum atomic E-state index is 12.3. The highest BCUT2D eigenvalue weighted by Crippen LogP contribution is 2.29. The average Bonchev–Trinajstić information content (AvgIpc) is 3.12. The molecule has 6 heteroatoms. The molecule has 0 fully saturated rings. The van der Waals surface area contributed by atoms with E-state index in [2.05, 4.69) is 20.5 Å². The van der Waals surface area contributed by atoms with Crippen molar-refractivity contribution in [3.63, 3.8) is 0 Å². The Bertz CT molecular complexity index is 1170. The van der Waals surface area contributed by atoms with Crippen LogP contribution in [0.15, 0.2) is 67.0 Å². The maximum absolute atomic E-state index is 12.3. The number of hydrogen-bond acceptors (Lipinski definition) is 4. The van der Waals surface area contributed by atoms with Gasteiger partial charge < -0.3 is 5.32 Å². The summed E-state index contributed by atoms with van der Waals surface area (Å²) in [5, 5.41) is 11.2. The van der Waals surface area contributed by atoms with Crippen molar-refractivity contribution < 1.29 is 9.59 Å². The number of fused-ring (bicyclic) bond motifs is 1. The molecular formula is C22H18N4O2. The van der Waals surface area contributed by atoms with Gasteiger partial charge in [0.15, 0.2) is 5.78 Å². The zero-order valence-electron chi connectivity index (χ0n) is 15.3. The van der Waals surface area contributed by atoms with Crippen molar-refractivity contribution in [3.8, 4) is 11.3 Å². The first kappa shape index (κ1) is 17.6. The molecule has 0 unspecified atom stereocenters. The summed E-state index contributed by atoms with van der Waals surface area (Å²) >= 11 is 0. The molecule has 0 aliphatic rings. The Kier molecular flexibility index (Phi) is 4.68. The number of Topliss-reactive ketones (excluding diaryl/α,β-unsaturated/α-hetero) is 1. The van der Waals surface area contributed by atoms with Crippen molar-refractivity contribution in [1.29, 1.82) is 0 Å². The van der Waals surface area contributed by atoms with E-state index in [-0.39, 0.29) is 18.1 Å². The molecule has 2 heterocycles. The number of nitrogens with one attached hydrogen (secondary N) is 2. The minimum atomic E-state index is -0.115. The van der Waals surface area contributed by atoms with Crippen LogP contribution in [-0.2, 0) is 11.2 Å². The van der Waals surface area contributed by atoms with Gasteiger partial charge in [0.25, 0.3) is 0 Å². The van der Waals surface area contributed by atoms with Gasteiger partial charge in [-0.2, -0.15) is 5.10 Å². The van der Waals surface area contributed by atoms with E-state index >= 15 is 0 Å². The smallest absolute Gasteiger partial charge is 0.228 e. The van der Waals surface area contributed by atoms with Gasteiger partial charge in [-0.05, 0) is 42.8 Å². The number of benzene rings is 2. The Hall–Kier alpha value is -3.80. The SMILES string of the molecule is CC(=O)c1cccc(-c2n[nH]c3ccc(NC(=O)Cc4cccnc4)cc23)c1. The van der Waals surface area contributed by atoms with Crippen LogP contribution in [-0.4, -0.2) is 26.9 Å². The zero-order chi connectivity index (χ0) is 19.5. The van der Waals surface area contributed by atoms with Crippen molar-refractivity contribution in [3.05, 3.63) is 78.1 Å². The lowest BCUT2D eigenvalue weighted by Gasteiger charge is -2.06. The molecule has 0 bridgehead atoms. The Morgan fingerprint density at radius 2 is 1.96 bits per heavy atom. The van der Waals surface area contributed by atoms with Gasteiger partial charge >= 0.3 is 0 Å². The fraction of sp³-hybridized carbons (Fsp3) is 0.0909. The number of aromatic amines is 1. The number of pyridine rings is 1. The third-order valence-corrected chi connectivity index (χ3v) is 4.48. The fourth-order valence-corrected chi connectivity index (χ4v) is 3.09. The first-order valence-electron chi connectivity index (χ1n) is 8.88. The Morgan fingerprint density at radius 1 is 1.07 bits per heavy atom. The standard InChI is InChI=1S/C22H18N4O2/c1-14(27)16-5-2-6-17(11-16)22-19-12-18(7-8-20(19)25-26-22)24-21(28)10-15-4-3-9-23-13-15/h2-9,11-13H,10H2,1H3,(H,24,28)(H,25,26). The summed E-state index contributed by atoms with van der Waals surface area (Å²) in [6.45, 7) is 1.54. The number of H-pyrrole nitrogens is 1. The first-order chi connectivity index (χ1) is 13.6. The van der Waals surface area contributed by atoms with Crippen LogP contribution in [0.2, 0.25) is 0 Å². The zero-order valence-corrected chi connectivity index (χ0v) is 15.3. The highest BCUT2D eigenvalue weighted by Gasteiger charge is 2.12.